The van der Waals surface area contributed by atoms with Gasteiger partial charge in [-0.15, -0.1) is 0 Å². The molecule has 0 fully saturated rings. The Morgan fingerprint density at radius 2 is 1.95 bits per heavy atom. The molecular weight excluding hydrogens is 246 g/mol. The zero-order valence-electron chi connectivity index (χ0n) is 13.8. The molecule has 0 amide bonds. The van der Waals surface area contributed by atoms with Crippen LogP contribution in [0.25, 0.3) is 0 Å². The highest BCUT2D eigenvalue weighted by molar-refractivity contribution is 5.39. The average molecular weight is 277 g/mol. The van der Waals surface area contributed by atoms with Crippen LogP contribution < -0.4 is 10.1 Å². The fraction of sp³-hybridized carbons (Fsp3) is 0.667. The smallest absolute Gasteiger partial charge is 0.122 e. The molecule has 0 saturated carbocycles. The summed E-state index contributed by atoms with van der Waals surface area (Å²) in [5, 5.41) is 3.51. The van der Waals surface area contributed by atoms with Crippen LogP contribution >= 0.6 is 0 Å². The minimum absolute atomic E-state index is 0.510. The Labute approximate surface area is 124 Å². The van der Waals surface area contributed by atoms with E-state index >= 15 is 0 Å². The lowest BCUT2D eigenvalue weighted by Crippen LogP contribution is -2.28. The van der Waals surface area contributed by atoms with E-state index in [0.29, 0.717) is 12.0 Å². The molecule has 20 heavy (non-hydrogen) atoms. The molecule has 114 valence electrons. The first-order valence-corrected chi connectivity index (χ1v) is 8.05. The van der Waals surface area contributed by atoms with E-state index in [0.717, 1.165) is 25.3 Å². The highest BCUT2D eigenvalue weighted by Gasteiger charge is 2.09. The third kappa shape index (κ3) is 5.54. The highest BCUT2D eigenvalue weighted by atomic mass is 16.5. The molecule has 2 nitrogen and oxygen atoms in total. The quantitative estimate of drug-likeness (QED) is 0.663. The van der Waals surface area contributed by atoms with Gasteiger partial charge in [0.1, 0.15) is 5.75 Å². The summed E-state index contributed by atoms with van der Waals surface area (Å²) >= 11 is 0. The molecule has 1 unspecified atom stereocenters. The Balaban J connectivity index is 2.47. The Kier molecular flexibility index (Phi) is 7.68. The van der Waals surface area contributed by atoms with Crippen molar-refractivity contribution in [3.63, 3.8) is 0 Å². The van der Waals surface area contributed by atoms with Crippen molar-refractivity contribution < 1.29 is 4.74 Å². The van der Waals surface area contributed by atoms with Crippen LogP contribution in [0.5, 0.6) is 5.75 Å². The van der Waals surface area contributed by atoms with E-state index in [2.05, 4.69) is 58.1 Å². The summed E-state index contributed by atoms with van der Waals surface area (Å²) in [7, 11) is 0. The van der Waals surface area contributed by atoms with E-state index in [1.54, 1.807) is 0 Å². The van der Waals surface area contributed by atoms with Gasteiger partial charge in [0.05, 0.1) is 6.61 Å². The number of hydrogen-bond acceptors (Lipinski definition) is 2. The van der Waals surface area contributed by atoms with Crippen LogP contribution in [0, 0.1) is 6.92 Å². The molecule has 0 aromatic heterocycles. The molecule has 0 bridgehead atoms. The normalized spacial score (nSPS) is 12.7. The molecule has 0 aliphatic heterocycles. The summed E-state index contributed by atoms with van der Waals surface area (Å²) in [4.78, 5) is 0. The van der Waals surface area contributed by atoms with Gasteiger partial charge in [-0.3, -0.25) is 0 Å². The van der Waals surface area contributed by atoms with E-state index < -0.39 is 0 Å². The van der Waals surface area contributed by atoms with Crippen LogP contribution in [0.2, 0.25) is 0 Å². The number of ether oxygens (including phenoxy) is 1. The summed E-state index contributed by atoms with van der Waals surface area (Å²) in [6.07, 6.45) is 3.49. The van der Waals surface area contributed by atoms with Crippen LogP contribution in [0.15, 0.2) is 18.2 Å². The van der Waals surface area contributed by atoms with E-state index in [1.165, 1.54) is 24.0 Å². The standard InChI is InChI=1S/C18H31NO/c1-6-16(19-7-2)9-8-12-20-18-13-15(5)10-11-17(18)14(3)4/h10-11,13-14,16,19H,6-9,12H2,1-5H3. The Morgan fingerprint density at radius 1 is 1.20 bits per heavy atom. The fourth-order valence-corrected chi connectivity index (χ4v) is 2.49. The largest absolute Gasteiger partial charge is 0.493 e. The summed E-state index contributed by atoms with van der Waals surface area (Å²) in [5.41, 5.74) is 2.58. The highest BCUT2D eigenvalue weighted by Crippen LogP contribution is 2.27. The van der Waals surface area contributed by atoms with E-state index in [9.17, 15) is 0 Å². The van der Waals surface area contributed by atoms with Crippen molar-refractivity contribution in [3.8, 4) is 5.75 Å². The maximum Gasteiger partial charge on any atom is 0.122 e. The van der Waals surface area contributed by atoms with Crippen LogP contribution in [-0.4, -0.2) is 19.2 Å². The van der Waals surface area contributed by atoms with Gasteiger partial charge in [-0.05, 0) is 55.8 Å². The molecule has 1 atom stereocenters. The predicted molar refractivity (Wildman–Crippen MR) is 87.8 cm³/mol. The number of aryl methyl sites for hydroxylation is 1. The molecule has 0 aliphatic rings. The second-order valence-electron chi connectivity index (χ2n) is 5.85. The van der Waals surface area contributed by atoms with Crippen LogP contribution in [-0.2, 0) is 0 Å². The lowest BCUT2D eigenvalue weighted by atomic mass is 10.0. The van der Waals surface area contributed by atoms with Crippen LogP contribution in [0.4, 0.5) is 0 Å². The molecule has 1 rings (SSSR count). The zero-order valence-corrected chi connectivity index (χ0v) is 13.8. The molecule has 0 saturated heterocycles. The van der Waals surface area contributed by atoms with E-state index in [1.807, 2.05) is 0 Å². The van der Waals surface area contributed by atoms with Crippen molar-refractivity contribution in [2.24, 2.45) is 0 Å². The van der Waals surface area contributed by atoms with E-state index in [4.69, 9.17) is 4.74 Å². The SMILES string of the molecule is CCNC(CC)CCCOc1cc(C)ccc1C(C)C. The third-order valence-electron chi connectivity index (χ3n) is 3.73. The van der Waals surface area contributed by atoms with Gasteiger partial charge in [0.15, 0.2) is 0 Å². The van der Waals surface area contributed by atoms with Crippen LogP contribution in [0.1, 0.15) is 64.0 Å². The molecule has 0 spiro atoms. The molecule has 0 radical (unpaired) electrons. The summed E-state index contributed by atoms with van der Waals surface area (Å²) < 4.78 is 6.02. The van der Waals surface area contributed by atoms with Gasteiger partial charge in [-0.2, -0.15) is 0 Å². The monoisotopic (exact) mass is 277 g/mol. The first-order valence-electron chi connectivity index (χ1n) is 8.05. The maximum absolute atomic E-state index is 6.02. The molecule has 0 heterocycles. The van der Waals surface area contributed by atoms with Crippen molar-refractivity contribution in [3.05, 3.63) is 29.3 Å². The van der Waals surface area contributed by atoms with Crippen molar-refractivity contribution in [1.82, 2.24) is 5.32 Å². The summed E-state index contributed by atoms with van der Waals surface area (Å²) in [6, 6.07) is 7.16. The molecule has 1 N–H and O–H groups in total. The average Bonchev–Trinajstić information content (AvgIpc) is 2.42. The number of rotatable bonds is 9. The second-order valence-corrected chi connectivity index (χ2v) is 5.85. The number of nitrogens with one attached hydrogen (secondary N) is 1. The molecule has 1 aromatic rings. The maximum atomic E-state index is 6.02. The first kappa shape index (κ1) is 17.0. The lowest BCUT2D eigenvalue weighted by molar-refractivity contribution is 0.291. The van der Waals surface area contributed by atoms with Gasteiger partial charge in [-0.1, -0.05) is 39.8 Å². The van der Waals surface area contributed by atoms with Gasteiger partial charge < -0.3 is 10.1 Å². The van der Waals surface area contributed by atoms with E-state index in [-0.39, 0.29) is 0 Å². The van der Waals surface area contributed by atoms with Gasteiger partial charge >= 0.3 is 0 Å². The van der Waals surface area contributed by atoms with Gasteiger partial charge in [0, 0.05) is 6.04 Å². The Morgan fingerprint density at radius 3 is 2.55 bits per heavy atom. The topological polar surface area (TPSA) is 21.3 Å². The Bertz CT molecular complexity index is 387. The third-order valence-corrected chi connectivity index (χ3v) is 3.73. The summed E-state index contributed by atoms with van der Waals surface area (Å²) in [6.45, 7) is 12.8. The minimum Gasteiger partial charge on any atom is -0.493 e. The van der Waals surface area contributed by atoms with Crippen LogP contribution in [0.3, 0.4) is 0 Å². The first-order chi connectivity index (χ1) is 9.58. The van der Waals surface area contributed by atoms with Gasteiger partial charge in [-0.25, -0.2) is 0 Å². The molecule has 2 heteroatoms. The minimum atomic E-state index is 0.510. The molecule has 0 aliphatic carbocycles. The van der Waals surface area contributed by atoms with Crippen molar-refractivity contribution in [2.45, 2.75) is 65.8 Å². The second kappa shape index (κ2) is 9.02. The molecular formula is C18H31NO. The Hall–Kier alpha value is -1.02. The van der Waals surface area contributed by atoms with Crippen molar-refractivity contribution in [2.75, 3.05) is 13.2 Å². The van der Waals surface area contributed by atoms with Crippen molar-refractivity contribution >= 4 is 0 Å². The van der Waals surface area contributed by atoms with Crippen molar-refractivity contribution in [1.29, 1.82) is 0 Å². The fourth-order valence-electron chi connectivity index (χ4n) is 2.49. The summed E-state index contributed by atoms with van der Waals surface area (Å²) in [5.74, 6) is 1.58. The number of hydrogen-bond donors (Lipinski definition) is 1. The predicted octanol–water partition coefficient (Wildman–Crippen LogP) is 4.67. The number of benzene rings is 1. The lowest BCUT2D eigenvalue weighted by Gasteiger charge is -2.17. The van der Waals surface area contributed by atoms with Gasteiger partial charge in [0.25, 0.3) is 0 Å². The van der Waals surface area contributed by atoms with Gasteiger partial charge in [0.2, 0.25) is 0 Å². The molecule has 1 aromatic carbocycles. The zero-order chi connectivity index (χ0) is 15.0.